The van der Waals surface area contributed by atoms with Gasteiger partial charge in [-0.2, -0.15) is 0 Å². The van der Waals surface area contributed by atoms with Crippen LogP contribution < -0.4 is 10.5 Å². The van der Waals surface area contributed by atoms with Crippen LogP contribution in [0, 0.1) is 5.82 Å². The van der Waals surface area contributed by atoms with Crippen molar-refractivity contribution in [3.05, 3.63) is 50.7 Å². The first kappa shape index (κ1) is 16.4. The lowest BCUT2D eigenvalue weighted by atomic mass is 10.3. The van der Waals surface area contributed by atoms with Crippen LogP contribution in [0.5, 0.6) is 0 Å². The van der Waals surface area contributed by atoms with Gasteiger partial charge < -0.3 is 5.73 Å². The second-order valence-corrected chi connectivity index (χ2v) is 7.30. The highest BCUT2D eigenvalue weighted by Crippen LogP contribution is 2.35. The van der Waals surface area contributed by atoms with Crippen molar-refractivity contribution in [2.75, 3.05) is 10.5 Å². The minimum atomic E-state index is -4.17. The van der Waals surface area contributed by atoms with E-state index in [9.17, 15) is 12.8 Å². The Morgan fingerprint density at radius 3 is 2.33 bits per heavy atom. The van der Waals surface area contributed by atoms with E-state index in [0.717, 1.165) is 6.07 Å². The van der Waals surface area contributed by atoms with Crippen LogP contribution in [0.2, 0.25) is 10.0 Å². The maximum Gasteiger partial charge on any atom is 0.264 e. The second kappa shape index (κ2) is 6.00. The minimum Gasteiger partial charge on any atom is -0.395 e. The van der Waals surface area contributed by atoms with Gasteiger partial charge in [0.2, 0.25) is 0 Å². The lowest BCUT2D eigenvalue weighted by Gasteiger charge is -2.12. The molecule has 0 fully saturated rings. The van der Waals surface area contributed by atoms with E-state index in [4.69, 9.17) is 28.9 Å². The fourth-order valence-electron chi connectivity index (χ4n) is 1.52. The zero-order valence-electron chi connectivity index (χ0n) is 10.2. The van der Waals surface area contributed by atoms with E-state index in [1.165, 1.54) is 24.3 Å². The molecule has 0 aliphatic heterocycles. The molecule has 0 aromatic heterocycles. The number of nitrogens with two attached hydrogens (primary N) is 1. The van der Waals surface area contributed by atoms with Gasteiger partial charge in [0.25, 0.3) is 10.0 Å². The average Bonchev–Trinajstić information content (AvgIpc) is 2.42. The Morgan fingerprint density at radius 2 is 1.76 bits per heavy atom. The Bertz CT molecular complexity index is 798. The monoisotopic (exact) mass is 412 g/mol. The van der Waals surface area contributed by atoms with Gasteiger partial charge in [-0.1, -0.05) is 23.2 Å². The number of benzene rings is 2. The van der Waals surface area contributed by atoms with Gasteiger partial charge in [0.15, 0.2) is 5.82 Å². The number of nitrogen functional groups attached to an aromatic ring is 1. The van der Waals surface area contributed by atoms with Gasteiger partial charge in [0.1, 0.15) is 4.90 Å². The van der Waals surface area contributed by atoms with Crippen molar-refractivity contribution in [2.45, 2.75) is 4.90 Å². The SMILES string of the molecule is Nc1c(F)c(S(=O)(=O)Nc2ccc(Cl)cc2)cc(Cl)c1Br. The van der Waals surface area contributed by atoms with Crippen LogP contribution in [-0.4, -0.2) is 8.42 Å². The summed E-state index contributed by atoms with van der Waals surface area (Å²) in [6, 6.07) is 6.87. The second-order valence-electron chi connectivity index (χ2n) is 4.01. The van der Waals surface area contributed by atoms with Gasteiger partial charge in [0, 0.05) is 10.7 Å². The van der Waals surface area contributed by atoms with Gasteiger partial charge in [-0.05, 0) is 46.3 Å². The first-order chi connectivity index (χ1) is 9.72. The van der Waals surface area contributed by atoms with Crippen molar-refractivity contribution in [3.8, 4) is 0 Å². The highest BCUT2D eigenvalue weighted by atomic mass is 79.9. The first-order valence-corrected chi connectivity index (χ1v) is 8.47. The Kier molecular flexibility index (Phi) is 4.67. The Hall–Kier alpha value is -1.02. The Morgan fingerprint density at radius 1 is 1.19 bits per heavy atom. The summed E-state index contributed by atoms with van der Waals surface area (Å²) < 4.78 is 40.8. The van der Waals surface area contributed by atoms with Gasteiger partial charge >= 0.3 is 0 Å². The van der Waals surface area contributed by atoms with Gasteiger partial charge in [-0.15, -0.1) is 0 Å². The minimum absolute atomic E-state index is 0.00891. The van der Waals surface area contributed by atoms with E-state index < -0.39 is 20.7 Å². The molecule has 0 atom stereocenters. The molecule has 0 saturated carbocycles. The lowest BCUT2D eigenvalue weighted by Crippen LogP contribution is -2.15. The number of rotatable bonds is 3. The molecule has 4 nitrogen and oxygen atoms in total. The fraction of sp³-hybridized carbons (Fsp3) is 0. The molecule has 0 amide bonds. The maximum atomic E-state index is 14.1. The number of hydrogen-bond acceptors (Lipinski definition) is 3. The maximum absolute atomic E-state index is 14.1. The van der Waals surface area contributed by atoms with E-state index in [0.29, 0.717) is 5.02 Å². The van der Waals surface area contributed by atoms with Crippen LogP contribution >= 0.6 is 39.1 Å². The third-order valence-corrected chi connectivity index (χ3v) is 5.56. The number of hydrogen-bond donors (Lipinski definition) is 2. The quantitative estimate of drug-likeness (QED) is 0.582. The number of sulfonamides is 1. The molecular formula is C12H8BrCl2FN2O2S. The van der Waals surface area contributed by atoms with E-state index in [-0.39, 0.29) is 20.9 Å². The van der Waals surface area contributed by atoms with Gasteiger partial charge in [0.05, 0.1) is 15.2 Å². The molecule has 0 spiro atoms. The van der Waals surface area contributed by atoms with E-state index in [2.05, 4.69) is 20.7 Å². The third kappa shape index (κ3) is 3.42. The summed E-state index contributed by atoms with van der Waals surface area (Å²) in [5.74, 6) is -1.08. The number of nitrogens with one attached hydrogen (secondary N) is 1. The molecule has 9 heteroatoms. The molecule has 0 radical (unpaired) electrons. The van der Waals surface area contributed by atoms with Crippen molar-refractivity contribution in [2.24, 2.45) is 0 Å². The highest BCUT2D eigenvalue weighted by molar-refractivity contribution is 9.10. The summed E-state index contributed by atoms with van der Waals surface area (Å²) in [7, 11) is -4.17. The first-order valence-electron chi connectivity index (χ1n) is 5.43. The molecular weight excluding hydrogens is 406 g/mol. The van der Waals surface area contributed by atoms with Crippen LogP contribution in [0.4, 0.5) is 15.8 Å². The van der Waals surface area contributed by atoms with Crippen LogP contribution in [-0.2, 0) is 10.0 Å². The molecule has 2 rings (SSSR count). The van der Waals surface area contributed by atoms with E-state index >= 15 is 0 Å². The van der Waals surface area contributed by atoms with E-state index in [1.54, 1.807) is 0 Å². The van der Waals surface area contributed by atoms with Crippen molar-refractivity contribution < 1.29 is 12.8 Å². The Balaban J connectivity index is 2.47. The summed E-state index contributed by atoms with van der Waals surface area (Å²) in [4.78, 5) is -0.636. The fourth-order valence-corrected chi connectivity index (χ4v) is 3.39. The van der Waals surface area contributed by atoms with E-state index in [1.807, 2.05) is 0 Å². The molecule has 112 valence electrons. The summed E-state index contributed by atoms with van der Waals surface area (Å²) in [5, 5.41) is 0.436. The highest BCUT2D eigenvalue weighted by Gasteiger charge is 2.24. The van der Waals surface area contributed by atoms with Crippen LogP contribution in [0.25, 0.3) is 0 Å². The zero-order chi connectivity index (χ0) is 15.8. The van der Waals surface area contributed by atoms with Crippen molar-refractivity contribution in [1.82, 2.24) is 0 Å². The van der Waals surface area contributed by atoms with Crippen molar-refractivity contribution in [3.63, 3.8) is 0 Å². The summed E-state index contributed by atoms with van der Waals surface area (Å²) in [5.41, 5.74) is 5.33. The molecule has 2 aromatic rings. The predicted molar refractivity (Wildman–Crippen MR) is 85.8 cm³/mol. The molecule has 0 aliphatic rings. The normalized spacial score (nSPS) is 11.4. The lowest BCUT2D eigenvalue weighted by molar-refractivity contribution is 0.572. The molecule has 21 heavy (non-hydrogen) atoms. The average molecular weight is 414 g/mol. The third-order valence-electron chi connectivity index (χ3n) is 2.54. The van der Waals surface area contributed by atoms with Crippen LogP contribution in [0.1, 0.15) is 0 Å². The molecule has 2 aromatic carbocycles. The topological polar surface area (TPSA) is 72.2 Å². The predicted octanol–water partition coefficient (Wildman–Crippen LogP) is 4.28. The summed E-state index contributed by atoms with van der Waals surface area (Å²) in [6.45, 7) is 0. The number of halogens is 4. The molecule has 3 N–H and O–H groups in total. The molecule has 0 aliphatic carbocycles. The van der Waals surface area contributed by atoms with Gasteiger partial charge in [-0.25, -0.2) is 12.8 Å². The zero-order valence-corrected chi connectivity index (χ0v) is 14.1. The molecule has 0 saturated heterocycles. The van der Waals surface area contributed by atoms with Crippen LogP contribution in [0.3, 0.4) is 0 Å². The largest absolute Gasteiger partial charge is 0.395 e. The molecule has 0 bridgehead atoms. The molecule has 0 unspecified atom stereocenters. The smallest absolute Gasteiger partial charge is 0.264 e. The standard InChI is InChI=1S/C12H8BrCl2FN2O2S/c13-10-8(15)5-9(11(16)12(10)17)21(19,20)18-7-3-1-6(14)2-4-7/h1-5,18H,17H2. The van der Waals surface area contributed by atoms with Crippen LogP contribution in [0.15, 0.2) is 39.7 Å². The number of anilines is 2. The Labute approximate surface area is 139 Å². The molecule has 0 heterocycles. The van der Waals surface area contributed by atoms with Crippen molar-refractivity contribution >= 4 is 60.5 Å². The summed E-state index contributed by atoms with van der Waals surface area (Å²) in [6.07, 6.45) is 0. The summed E-state index contributed by atoms with van der Waals surface area (Å²) >= 11 is 14.5. The van der Waals surface area contributed by atoms with Gasteiger partial charge in [-0.3, -0.25) is 4.72 Å². The van der Waals surface area contributed by atoms with Crippen molar-refractivity contribution in [1.29, 1.82) is 0 Å².